The van der Waals surface area contributed by atoms with E-state index in [9.17, 15) is 13.2 Å². The van der Waals surface area contributed by atoms with Crippen molar-refractivity contribution in [2.24, 2.45) is 0 Å². The summed E-state index contributed by atoms with van der Waals surface area (Å²) in [6, 6.07) is 12.4. The van der Waals surface area contributed by atoms with Crippen molar-refractivity contribution in [3.05, 3.63) is 58.6 Å². The lowest BCUT2D eigenvalue weighted by atomic mass is 9.98. The molecule has 2 aromatic rings. The van der Waals surface area contributed by atoms with Gasteiger partial charge in [0.05, 0.1) is 6.26 Å². The van der Waals surface area contributed by atoms with Gasteiger partial charge in [-0.3, -0.25) is 4.79 Å². The Kier molecular flexibility index (Phi) is 5.70. The highest BCUT2D eigenvalue weighted by Gasteiger charge is 2.32. The van der Waals surface area contributed by atoms with E-state index in [0.29, 0.717) is 36.0 Å². The van der Waals surface area contributed by atoms with E-state index in [1.165, 1.54) is 10.6 Å². The molecule has 0 saturated heterocycles. The minimum atomic E-state index is -3.25. The molecule has 1 N–H and O–H groups in total. The first-order valence-corrected chi connectivity index (χ1v) is 11.1. The van der Waals surface area contributed by atoms with Crippen molar-refractivity contribution in [2.75, 3.05) is 18.1 Å². The minimum Gasteiger partial charge on any atom is -0.478 e. The van der Waals surface area contributed by atoms with Crippen LogP contribution in [0.25, 0.3) is 0 Å². The number of anilines is 1. The highest BCUT2D eigenvalue weighted by Crippen LogP contribution is 2.29. The molecule has 28 heavy (non-hydrogen) atoms. The lowest BCUT2D eigenvalue weighted by Crippen LogP contribution is -2.43. The number of benzene rings is 2. The average Bonchev–Trinajstić information content (AvgIpc) is 2.60. The van der Waals surface area contributed by atoms with Crippen LogP contribution in [0.3, 0.4) is 0 Å². The summed E-state index contributed by atoms with van der Waals surface area (Å²) in [5.74, 6) is 0.206. The Morgan fingerprint density at radius 1 is 1.21 bits per heavy atom. The third-order valence-corrected chi connectivity index (χ3v) is 6.15. The molecule has 0 spiro atoms. The molecule has 3 rings (SSSR count). The molecule has 0 atom stereocenters. The predicted molar refractivity (Wildman–Crippen MR) is 110 cm³/mol. The highest BCUT2D eigenvalue weighted by molar-refractivity contribution is 7.88. The van der Waals surface area contributed by atoms with Crippen LogP contribution in [0.5, 0.6) is 5.75 Å². The van der Waals surface area contributed by atoms with E-state index in [2.05, 4.69) is 5.32 Å². The highest BCUT2D eigenvalue weighted by atomic mass is 35.5. The fourth-order valence-electron chi connectivity index (χ4n) is 3.13. The van der Waals surface area contributed by atoms with E-state index in [4.69, 9.17) is 16.3 Å². The van der Waals surface area contributed by atoms with Crippen molar-refractivity contribution in [1.29, 1.82) is 0 Å². The van der Waals surface area contributed by atoms with E-state index in [0.717, 1.165) is 11.1 Å². The number of carbonyl (C=O) groups is 1. The molecule has 0 unspecified atom stereocenters. The van der Waals surface area contributed by atoms with E-state index in [-0.39, 0.29) is 5.91 Å². The van der Waals surface area contributed by atoms with Gasteiger partial charge in [0.1, 0.15) is 5.75 Å². The van der Waals surface area contributed by atoms with Crippen molar-refractivity contribution >= 4 is 33.2 Å². The maximum atomic E-state index is 12.9. The first kappa shape index (κ1) is 20.6. The molecule has 8 heteroatoms. The standard InChI is InChI=1S/C20H23ClN2O4S/c1-20(2,27-16-8-5-7-15(21)12-16)19(24)22-18-9-4-6-14-13-23(28(3,25)26)11-10-17(14)18/h4-9,12H,10-11,13H2,1-3H3,(H,22,24). The molecule has 6 nitrogen and oxygen atoms in total. The summed E-state index contributed by atoms with van der Waals surface area (Å²) in [5, 5.41) is 3.46. The van der Waals surface area contributed by atoms with Crippen molar-refractivity contribution in [3.8, 4) is 5.75 Å². The topological polar surface area (TPSA) is 75.7 Å². The number of hydrogen-bond donors (Lipinski definition) is 1. The smallest absolute Gasteiger partial charge is 0.267 e. The summed E-state index contributed by atoms with van der Waals surface area (Å²) in [4.78, 5) is 12.9. The number of halogens is 1. The largest absolute Gasteiger partial charge is 0.478 e. The first-order chi connectivity index (χ1) is 13.1. The van der Waals surface area contributed by atoms with Crippen molar-refractivity contribution < 1.29 is 17.9 Å². The molecule has 0 bridgehead atoms. The average molecular weight is 423 g/mol. The Morgan fingerprint density at radius 2 is 1.93 bits per heavy atom. The molecule has 2 aromatic carbocycles. The molecular weight excluding hydrogens is 400 g/mol. The van der Waals surface area contributed by atoms with Crippen molar-refractivity contribution in [1.82, 2.24) is 4.31 Å². The summed E-state index contributed by atoms with van der Waals surface area (Å²) < 4.78 is 30.9. The van der Waals surface area contributed by atoms with Crippen LogP contribution in [0.2, 0.25) is 5.02 Å². The van der Waals surface area contributed by atoms with E-state index >= 15 is 0 Å². The fraction of sp³-hybridized carbons (Fsp3) is 0.350. The number of nitrogens with zero attached hydrogens (tertiary/aromatic N) is 1. The van der Waals surface area contributed by atoms with Gasteiger partial charge in [-0.2, -0.15) is 4.31 Å². The van der Waals surface area contributed by atoms with E-state index in [1.54, 1.807) is 38.1 Å². The molecule has 0 saturated carbocycles. The number of sulfonamides is 1. The number of hydrogen-bond acceptors (Lipinski definition) is 4. The summed E-state index contributed by atoms with van der Waals surface area (Å²) in [6.45, 7) is 4.06. The van der Waals surface area contributed by atoms with Crippen molar-refractivity contribution in [3.63, 3.8) is 0 Å². The molecule has 150 valence electrons. The first-order valence-electron chi connectivity index (χ1n) is 8.88. The number of ether oxygens (including phenoxy) is 1. The fourth-order valence-corrected chi connectivity index (χ4v) is 4.10. The summed E-state index contributed by atoms with van der Waals surface area (Å²) >= 11 is 5.98. The Balaban J connectivity index is 1.78. The Labute approximate surface area is 170 Å². The van der Waals surface area contributed by atoms with Gasteiger partial charge in [0.15, 0.2) is 5.60 Å². The summed E-state index contributed by atoms with van der Waals surface area (Å²) in [5.41, 5.74) is 1.40. The van der Waals surface area contributed by atoms with Crippen molar-refractivity contribution in [2.45, 2.75) is 32.4 Å². The lowest BCUT2D eigenvalue weighted by Gasteiger charge is -2.30. The molecule has 0 aliphatic carbocycles. The normalized spacial score (nSPS) is 15.0. The van der Waals surface area contributed by atoms with E-state index in [1.807, 2.05) is 18.2 Å². The summed E-state index contributed by atoms with van der Waals surface area (Å²) in [6.07, 6.45) is 1.74. The third-order valence-electron chi connectivity index (χ3n) is 4.66. The molecular formula is C20H23ClN2O4S. The van der Waals surface area contributed by atoms with Crippen LogP contribution < -0.4 is 10.1 Å². The van der Waals surface area contributed by atoms with E-state index < -0.39 is 15.6 Å². The van der Waals surface area contributed by atoms with Crippen LogP contribution in [0.15, 0.2) is 42.5 Å². The molecule has 1 aliphatic rings. The number of carbonyl (C=O) groups excluding carboxylic acids is 1. The van der Waals surface area contributed by atoms with Crippen LogP contribution in [-0.2, 0) is 27.8 Å². The SMILES string of the molecule is CC(C)(Oc1cccc(Cl)c1)C(=O)Nc1cccc2c1CCN(S(C)(=O)=O)C2. The van der Waals surface area contributed by atoms with Crippen LogP contribution in [0.4, 0.5) is 5.69 Å². The zero-order valence-corrected chi connectivity index (χ0v) is 17.6. The number of fused-ring (bicyclic) bond motifs is 1. The molecule has 1 heterocycles. The number of amides is 1. The molecule has 0 fully saturated rings. The van der Waals surface area contributed by atoms with Gasteiger partial charge in [-0.1, -0.05) is 29.8 Å². The van der Waals surface area contributed by atoms with Gasteiger partial charge in [-0.25, -0.2) is 8.42 Å². The van der Waals surface area contributed by atoms with Gasteiger partial charge < -0.3 is 10.1 Å². The zero-order valence-electron chi connectivity index (χ0n) is 16.0. The Bertz CT molecular complexity index is 1010. The zero-order chi connectivity index (χ0) is 20.5. The molecule has 1 aliphatic heterocycles. The van der Waals surface area contributed by atoms with Gasteiger partial charge >= 0.3 is 0 Å². The van der Waals surface area contributed by atoms with Gasteiger partial charge in [0.25, 0.3) is 5.91 Å². The van der Waals surface area contributed by atoms with Crippen LogP contribution >= 0.6 is 11.6 Å². The van der Waals surface area contributed by atoms with Gasteiger partial charge in [0.2, 0.25) is 10.0 Å². The molecule has 0 radical (unpaired) electrons. The second kappa shape index (κ2) is 7.73. The second-order valence-electron chi connectivity index (χ2n) is 7.31. The second-order valence-corrected chi connectivity index (χ2v) is 9.73. The Hall–Kier alpha value is -2.09. The van der Waals surface area contributed by atoms with Gasteiger partial charge in [-0.15, -0.1) is 0 Å². The summed E-state index contributed by atoms with van der Waals surface area (Å²) in [7, 11) is -3.25. The van der Waals surface area contributed by atoms with Crippen LogP contribution in [0.1, 0.15) is 25.0 Å². The van der Waals surface area contributed by atoms with Gasteiger partial charge in [-0.05, 0) is 55.7 Å². The quantitative estimate of drug-likeness (QED) is 0.800. The minimum absolute atomic E-state index is 0.300. The Morgan fingerprint density at radius 3 is 2.61 bits per heavy atom. The van der Waals surface area contributed by atoms with Gasteiger partial charge in [0, 0.05) is 23.8 Å². The van der Waals surface area contributed by atoms with Crippen LogP contribution in [0, 0.1) is 0 Å². The number of nitrogens with one attached hydrogen (secondary N) is 1. The maximum absolute atomic E-state index is 12.9. The van der Waals surface area contributed by atoms with Crippen LogP contribution in [-0.4, -0.2) is 37.0 Å². The monoisotopic (exact) mass is 422 g/mol. The third kappa shape index (κ3) is 4.66. The predicted octanol–water partition coefficient (Wildman–Crippen LogP) is 3.45. The number of rotatable bonds is 5. The maximum Gasteiger partial charge on any atom is 0.267 e. The molecule has 1 amide bonds. The lowest BCUT2D eigenvalue weighted by molar-refractivity contribution is -0.128. The molecule has 0 aromatic heterocycles.